The third-order valence-corrected chi connectivity index (χ3v) is 29.5. The molecular weight excluding hydrogens is 1460 g/mol. The van der Waals surface area contributed by atoms with Crippen LogP contribution in [0.5, 0.6) is 5.75 Å². The number of nitrogens with one attached hydrogen (secondary N) is 6. The van der Waals surface area contributed by atoms with Crippen LogP contribution in [0.15, 0.2) is 83.8 Å². The molecule has 6 aromatic rings. The van der Waals surface area contributed by atoms with Crippen molar-refractivity contribution in [3.8, 4) is 5.75 Å². The van der Waals surface area contributed by atoms with Crippen molar-refractivity contribution in [1.29, 1.82) is 0 Å². The number of esters is 2. The zero-order valence-electron chi connectivity index (χ0n) is 65.1. The number of aliphatic hydroxyl groups is 2. The highest BCUT2D eigenvalue weighted by Gasteiger charge is 2.80. The molecule has 1 aliphatic carbocycles. The van der Waals surface area contributed by atoms with Gasteiger partial charge in [0.2, 0.25) is 23.4 Å². The smallest absolute Gasteiger partial charge is 0.342 e. The number of nitrogen functional groups attached to an aromatic ring is 1. The molecule has 13 rings (SSSR count). The monoisotopic (exact) mass is 1560 g/mol. The Balaban J connectivity index is 0.580. The SMILES string of the molecule is CC[C@]1(O)C[C@@H]2CN(CCc3c([nH]c4ccccc34)[C@@](C(=O)OC)(c3cc4c(cc3OC)N(C)[C@H]3[C@@](O)(C(=O)OC)[C@H](O[Si]5(CCCCC(=O)NCCOCCOCCOCCNC(=O)CC[C@H](NC(=O)c6ccc(NCc7cnc8nc(N)[nH]c(=O)c8n7)cc6)C(=O)O)CCCCC5)[C@]5(CC)C=CCN6CC[C@]43[C@@H]65)C2)C1. The van der Waals surface area contributed by atoms with Gasteiger partial charge < -0.3 is 85.1 Å². The normalized spacial score (nSPS) is 26.5. The van der Waals surface area contributed by atoms with Gasteiger partial charge in [-0.25, -0.2) is 19.6 Å². The van der Waals surface area contributed by atoms with E-state index < -0.39 is 89.2 Å². The maximum absolute atomic E-state index is 15.8. The van der Waals surface area contributed by atoms with Crippen molar-refractivity contribution in [3.05, 3.63) is 123 Å². The van der Waals surface area contributed by atoms with Crippen molar-refractivity contribution < 1.29 is 76.9 Å². The number of rotatable bonds is 34. The number of fused-ring (bicyclic) bond motifs is 7. The number of carbonyl (C=O) groups excluding carboxylic acids is 5. The number of carboxylic acid groups (broad SMARTS) is 1. The first kappa shape index (κ1) is 81.1. The molecule has 31 heteroatoms. The van der Waals surface area contributed by atoms with Gasteiger partial charge >= 0.3 is 17.9 Å². The van der Waals surface area contributed by atoms with Gasteiger partial charge in [-0.3, -0.25) is 38.8 Å². The van der Waals surface area contributed by atoms with Crippen LogP contribution < -0.4 is 42.2 Å². The minimum Gasteiger partial charge on any atom is -0.496 e. The summed E-state index contributed by atoms with van der Waals surface area (Å²) in [6.45, 7) is 9.73. The van der Waals surface area contributed by atoms with Crippen LogP contribution in [0.4, 0.5) is 17.3 Å². The summed E-state index contributed by atoms with van der Waals surface area (Å²) in [6.07, 6.45) is 12.4. The van der Waals surface area contributed by atoms with E-state index in [0.29, 0.717) is 127 Å². The summed E-state index contributed by atoms with van der Waals surface area (Å²) in [4.78, 5) is 120. The molecule has 11 atom stereocenters. The zero-order chi connectivity index (χ0) is 79.2. The second-order valence-electron chi connectivity index (χ2n) is 31.5. The Kier molecular flexibility index (Phi) is 24.9. The summed E-state index contributed by atoms with van der Waals surface area (Å²) >= 11 is 0. The topological polar surface area (TPSA) is 399 Å². The number of ether oxygens (including phenoxy) is 6. The molecule has 30 nitrogen and oxygen atoms in total. The summed E-state index contributed by atoms with van der Waals surface area (Å²) in [7, 11) is 3.59. The number of anilines is 3. The second kappa shape index (κ2) is 34.4. The molecule has 1 spiro atoms. The first-order valence-electron chi connectivity index (χ1n) is 39.7. The Morgan fingerprint density at radius 3 is 2.21 bits per heavy atom. The Morgan fingerprint density at radius 1 is 0.804 bits per heavy atom. The fourth-order valence-electron chi connectivity index (χ4n) is 20.0. The highest BCUT2D eigenvalue weighted by molar-refractivity contribution is 6.74. The molecule has 2 bridgehead atoms. The molecule has 3 aromatic heterocycles. The minimum absolute atomic E-state index is 0.0409. The minimum atomic E-state index is -2.81. The van der Waals surface area contributed by atoms with Gasteiger partial charge in [0.25, 0.3) is 11.5 Å². The van der Waals surface area contributed by atoms with E-state index in [0.717, 1.165) is 77.2 Å². The van der Waals surface area contributed by atoms with Crippen LogP contribution in [0, 0.1) is 11.3 Å². The van der Waals surface area contributed by atoms with Gasteiger partial charge in [-0.2, -0.15) is 4.98 Å². The molecule has 1 saturated carbocycles. The first-order chi connectivity index (χ1) is 54.0. The van der Waals surface area contributed by atoms with Gasteiger partial charge in [0, 0.05) is 121 Å². The van der Waals surface area contributed by atoms with Crippen molar-refractivity contribution in [2.24, 2.45) is 11.3 Å². The molecule has 6 aliphatic heterocycles. The van der Waals surface area contributed by atoms with E-state index >= 15 is 9.59 Å². The number of hydrogen-bond acceptors (Lipinski definition) is 24. The molecule has 3 saturated heterocycles. The molecule has 3 aromatic carbocycles. The summed E-state index contributed by atoms with van der Waals surface area (Å²) < 4.78 is 43.6. The van der Waals surface area contributed by atoms with E-state index in [1.807, 2.05) is 32.2 Å². The molecule has 604 valence electrons. The van der Waals surface area contributed by atoms with Gasteiger partial charge in [-0.05, 0) is 129 Å². The molecule has 7 aliphatic rings. The molecule has 4 fully saturated rings. The standard InChI is InChI=1S/C81H109N13O17Si/c1-7-77(103)45-51-46-80(74(101)106-5,66-56(26-32-93(49-51)50-77)55-17-10-11-18-59(55)88-66)58-43-57-61(44-62(58)105-4)92(3)72-79(57)28-33-94-31-16-27-78(8-2,71(79)94)73(81(72,104)75(102)107-6)111-112(40-13-9-14-41-112)42-15-12-19-63(95)83-29-34-108-36-38-110-39-37-109-35-30-84-64(96)25-24-60(70(99)100)89-68(97)52-20-22-53(23-21-52)85-47-54-48-86-67-65(87-54)69(98)91-76(82)90-67/h10-11,16-18,20-23,27,43-44,48,51,60,71-73,85,88,103-104H,7-9,12-15,19,24-26,28-42,45-47,49-50H2,1-6H3,(H,83,95)(H,84,96)(H,89,97)(H,99,100)(H3,82,86,90,91,98)/t51-,60-,71-,72+,73+,77-,78+,79+,80-,81-/m0/s1. The number of methoxy groups -OCH3 is 3. The number of nitrogens with two attached hydrogens (primary N) is 1. The molecule has 0 radical (unpaired) electrons. The fourth-order valence-corrected chi connectivity index (χ4v) is 24.6. The molecular formula is C81H109N13O17Si. The highest BCUT2D eigenvalue weighted by Crippen LogP contribution is 2.69. The number of amides is 3. The summed E-state index contributed by atoms with van der Waals surface area (Å²) in [6, 6.07) is 18.7. The van der Waals surface area contributed by atoms with Crippen molar-refractivity contribution in [2.75, 3.05) is 130 Å². The first-order valence-corrected chi connectivity index (χ1v) is 42.2. The maximum Gasteiger partial charge on any atom is 0.342 e. The third-order valence-electron chi connectivity index (χ3n) is 25.0. The number of aliphatic carboxylic acids is 1. The predicted molar refractivity (Wildman–Crippen MR) is 420 cm³/mol. The van der Waals surface area contributed by atoms with E-state index in [-0.39, 0.29) is 92.9 Å². The Morgan fingerprint density at radius 2 is 1.52 bits per heavy atom. The van der Waals surface area contributed by atoms with Gasteiger partial charge in [0.1, 0.15) is 17.2 Å². The number of aromatic amines is 2. The lowest BCUT2D eigenvalue weighted by Gasteiger charge is -2.65. The third kappa shape index (κ3) is 15.8. The van der Waals surface area contributed by atoms with Crippen LogP contribution in [0.2, 0.25) is 18.1 Å². The number of hydrogen-bond donors (Lipinski definition) is 10. The summed E-state index contributed by atoms with van der Waals surface area (Å²) in [5.41, 5.74) is 5.07. The number of benzene rings is 3. The predicted octanol–water partition coefficient (Wildman–Crippen LogP) is 5.91. The van der Waals surface area contributed by atoms with Gasteiger partial charge in [0.05, 0.1) is 97.2 Å². The second-order valence-corrected chi connectivity index (χ2v) is 35.6. The number of carboxylic acids is 1. The van der Waals surface area contributed by atoms with Crippen LogP contribution in [-0.2, 0) is 75.9 Å². The molecule has 9 heterocycles. The number of aromatic nitrogens is 5. The zero-order valence-corrected chi connectivity index (χ0v) is 66.1. The van der Waals surface area contributed by atoms with E-state index in [4.69, 9.17) is 38.6 Å². The van der Waals surface area contributed by atoms with Crippen molar-refractivity contribution in [2.45, 2.75) is 175 Å². The van der Waals surface area contributed by atoms with Crippen molar-refractivity contribution >= 4 is 83.3 Å². The van der Waals surface area contributed by atoms with E-state index in [9.17, 15) is 39.3 Å². The Hall–Kier alpha value is -8.92. The number of likely N-dealkylation sites (N-methyl/N-ethyl adjacent to an activating group) is 1. The Bertz CT molecular complexity index is 4520. The number of unbranched alkanes of at least 4 members (excludes halogenated alkanes) is 1. The van der Waals surface area contributed by atoms with E-state index in [1.54, 1.807) is 19.2 Å². The lowest BCUT2D eigenvalue weighted by Crippen LogP contribution is -2.82. The van der Waals surface area contributed by atoms with Gasteiger partial charge in [-0.1, -0.05) is 69.9 Å². The molecule has 1 unspecified atom stereocenters. The number of piperidine rings is 1. The lowest BCUT2D eigenvalue weighted by atomic mass is 9.47. The van der Waals surface area contributed by atoms with Crippen LogP contribution in [0.25, 0.3) is 22.1 Å². The lowest BCUT2D eigenvalue weighted by molar-refractivity contribution is -0.214. The Labute approximate surface area is 652 Å². The number of carbonyl (C=O) groups is 6. The number of H-pyrrole nitrogens is 2. The van der Waals surface area contributed by atoms with Gasteiger partial charge in [-0.15, -0.1) is 0 Å². The largest absolute Gasteiger partial charge is 0.496 e. The molecule has 3 amide bonds. The van der Waals surface area contributed by atoms with Crippen molar-refractivity contribution in [1.82, 2.24) is 50.7 Å². The van der Waals surface area contributed by atoms with Gasteiger partial charge in [0.15, 0.2) is 19.5 Å². The van der Waals surface area contributed by atoms with Crippen molar-refractivity contribution in [3.63, 3.8) is 0 Å². The van der Waals surface area contributed by atoms with E-state index in [1.165, 1.54) is 32.5 Å². The summed E-state index contributed by atoms with van der Waals surface area (Å²) in [5, 5.41) is 48.9. The molecule has 112 heavy (non-hydrogen) atoms. The number of nitrogens with zero attached hydrogens (tertiary/aromatic N) is 6. The number of para-hydroxylation sites is 1. The average Bonchev–Trinajstić information content (AvgIpc) is 1.45. The van der Waals surface area contributed by atoms with Crippen LogP contribution in [0.1, 0.15) is 136 Å². The van der Waals surface area contributed by atoms with Crippen LogP contribution in [0.3, 0.4) is 0 Å². The molecule has 11 N–H and O–H groups in total. The quantitative estimate of drug-likeness (QED) is 0.00971. The summed E-state index contributed by atoms with van der Waals surface area (Å²) in [5.74, 6) is -3.33. The highest BCUT2D eigenvalue weighted by atomic mass is 28.4. The van der Waals surface area contributed by atoms with Crippen LogP contribution >= 0.6 is 0 Å². The van der Waals surface area contributed by atoms with E-state index in [2.05, 4.69) is 98.2 Å². The average molecular weight is 1560 g/mol. The fraction of sp³-hybridized carbons (Fsp3) is 0.580. The maximum atomic E-state index is 15.8. The van der Waals surface area contributed by atoms with Crippen LogP contribution in [-0.4, -0.2) is 243 Å².